The zero-order chi connectivity index (χ0) is 14.7. The first kappa shape index (κ1) is 14.3. The Labute approximate surface area is 121 Å². The molecule has 0 heterocycles. The minimum absolute atomic E-state index is 0.0830. The summed E-state index contributed by atoms with van der Waals surface area (Å²) in [5.41, 5.74) is 5.91. The van der Waals surface area contributed by atoms with Gasteiger partial charge >= 0.3 is 0 Å². The highest BCUT2D eigenvalue weighted by atomic mass is 79.9. The number of halogens is 3. The molecule has 0 atom stereocenters. The van der Waals surface area contributed by atoms with E-state index in [9.17, 15) is 8.78 Å². The Bertz CT molecular complexity index is 677. The lowest BCUT2D eigenvalue weighted by Crippen LogP contribution is -2.13. The molecule has 0 spiro atoms. The minimum atomic E-state index is -0.678. The second-order valence-electron chi connectivity index (χ2n) is 3.80. The van der Waals surface area contributed by atoms with Gasteiger partial charge in [0.25, 0.3) is 0 Å². The van der Waals surface area contributed by atoms with Crippen molar-refractivity contribution in [2.24, 2.45) is 10.9 Å². The quantitative estimate of drug-likeness (QED) is 0.387. The highest BCUT2D eigenvalue weighted by molar-refractivity contribution is 9.10. The maximum absolute atomic E-state index is 13.4. The van der Waals surface area contributed by atoms with E-state index in [-0.39, 0.29) is 17.3 Å². The molecule has 104 valence electrons. The van der Waals surface area contributed by atoms with E-state index in [0.29, 0.717) is 10.0 Å². The maximum atomic E-state index is 13.4. The molecule has 4 nitrogen and oxygen atoms in total. The van der Waals surface area contributed by atoms with Gasteiger partial charge in [0, 0.05) is 16.1 Å². The summed E-state index contributed by atoms with van der Waals surface area (Å²) in [6, 6.07) is 7.43. The van der Waals surface area contributed by atoms with Crippen molar-refractivity contribution in [3.63, 3.8) is 0 Å². The zero-order valence-corrected chi connectivity index (χ0v) is 11.6. The van der Waals surface area contributed by atoms with Gasteiger partial charge < -0.3 is 15.7 Å². The first-order valence-electron chi connectivity index (χ1n) is 5.41. The third-order valence-corrected chi connectivity index (χ3v) is 3.10. The molecule has 0 aliphatic heterocycles. The number of hydrogen-bond donors (Lipinski definition) is 2. The Kier molecular flexibility index (Phi) is 4.19. The molecular formula is C13H9BrF2N2O2. The van der Waals surface area contributed by atoms with E-state index in [1.807, 2.05) is 0 Å². The summed E-state index contributed by atoms with van der Waals surface area (Å²) < 4.78 is 32.2. The van der Waals surface area contributed by atoms with E-state index in [4.69, 9.17) is 15.7 Å². The summed E-state index contributed by atoms with van der Waals surface area (Å²) in [5.74, 6) is -1.32. The van der Waals surface area contributed by atoms with Gasteiger partial charge in [0.15, 0.2) is 17.4 Å². The largest absolute Gasteiger partial charge is 0.454 e. The van der Waals surface area contributed by atoms with Crippen LogP contribution >= 0.6 is 15.9 Å². The Hall–Kier alpha value is -2.15. The average molecular weight is 343 g/mol. The van der Waals surface area contributed by atoms with Gasteiger partial charge in [-0.3, -0.25) is 0 Å². The van der Waals surface area contributed by atoms with Crippen molar-refractivity contribution in [2.45, 2.75) is 0 Å². The molecule has 20 heavy (non-hydrogen) atoms. The first-order chi connectivity index (χ1) is 9.51. The van der Waals surface area contributed by atoms with Gasteiger partial charge in [0.2, 0.25) is 0 Å². The Morgan fingerprint density at radius 3 is 2.60 bits per heavy atom. The van der Waals surface area contributed by atoms with Crippen LogP contribution in [0.5, 0.6) is 11.5 Å². The van der Waals surface area contributed by atoms with Crippen molar-refractivity contribution in [3.05, 3.63) is 58.1 Å². The molecule has 0 saturated heterocycles. The van der Waals surface area contributed by atoms with Crippen LogP contribution in [0.3, 0.4) is 0 Å². The number of ether oxygens (including phenoxy) is 1. The molecule has 0 radical (unpaired) electrons. The molecule has 7 heteroatoms. The van der Waals surface area contributed by atoms with Crippen LogP contribution < -0.4 is 10.5 Å². The third-order valence-electron chi connectivity index (χ3n) is 2.45. The van der Waals surface area contributed by atoms with Crippen LogP contribution in [0.15, 0.2) is 46.0 Å². The van der Waals surface area contributed by atoms with Crippen molar-refractivity contribution >= 4 is 21.8 Å². The van der Waals surface area contributed by atoms with Crippen LogP contribution in [0.4, 0.5) is 8.78 Å². The van der Waals surface area contributed by atoms with Crippen LogP contribution in [0.1, 0.15) is 5.56 Å². The average Bonchev–Trinajstić information content (AvgIpc) is 2.42. The Morgan fingerprint density at radius 1 is 1.20 bits per heavy atom. The molecule has 0 aliphatic carbocycles. The highest BCUT2D eigenvalue weighted by Gasteiger charge is 2.10. The number of nitrogens with zero attached hydrogens (tertiary/aromatic N) is 1. The first-order valence-corrected chi connectivity index (χ1v) is 6.21. The fourth-order valence-corrected chi connectivity index (χ4v) is 2.06. The molecule has 2 aromatic carbocycles. The van der Waals surface area contributed by atoms with Crippen molar-refractivity contribution in [1.82, 2.24) is 0 Å². The van der Waals surface area contributed by atoms with Crippen LogP contribution in [0.2, 0.25) is 0 Å². The van der Waals surface area contributed by atoms with Gasteiger partial charge in [-0.25, -0.2) is 8.78 Å². The smallest absolute Gasteiger partial charge is 0.171 e. The second-order valence-corrected chi connectivity index (χ2v) is 4.66. The number of oxime groups is 1. The molecule has 0 saturated carbocycles. The van der Waals surface area contributed by atoms with Crippen LogP contribution in [0.25, 0.3) is 0 Å². The van der Waals surface area contributed by atoms with Crippen LogP contribution in [-0.2, 0) is 0 Å². The van der Waals surface area contributed by atoms with Gasteiger partial charge in [-0.1, -0.05) is 5.16 Å². The topological polar surface area (TPSA) is 67.8 Å². The van der Waals surface area contributed by atoms with E-state index in [0.717, 1.165) is 18.2 Å². The van der Waals surface area contributed by atoms with Crippen molar-refractivity contribution in [3.8, 4) is 11.5 Å². The fraction of sp³-hybridized carbons (Fsp3) is 0. The van der Waals surface area contributed by atoms with Gasteiger partial charge in [0.1, 0.15) is 11.6 Å². The fourth-order valence-electron chi connectivity index (χ4n) is 1.50. The summed E-state index contributed by atoms with van der Waals surface area (Å²) in [4.78, 5) is 0. The number of rotatable bonds is 3. The molecule has 2 aromatic rings. The molecule has 3 N–H and O–H groups in total. The SMILES string of the molecule is N/C(=N/O)c1ccc(Oc2cc(F)ccc2F)cc1Br. The Morgan fingerprint density at radius 2 is 1.95 bits per heavy atom. The summed E-state index contributed by atoms with van der Waals surface area (Å²) >= 11 is 3.22. The summed E-state index contributed by atoms with van der Waals surface area (Å²) in [6.07, 6.45) is 0. The standard InChI is InChI=1S/C13H9BrF2N2O2/c14-10-6-8(2-3-9(10)13(17)18-19)20-12-5-7(15)1-4-11(12)16/h1-6,19H,(H2,17,18). The number of hydrogen-bond acceptors (Lipinski definition) is 3. The molecule has 0 aromatic heterocycles. The van der Waals surface area contributed by atoms with E-state index in [1.54, 1.807) is 0 Å². The highest BCUT2D eigenvalue weighted by Crippen LogP contribution is 2.29. The molecular weight excluding hydrogens is 334 g/mol. The van der Waals surface area contributed by atoms with E-state index in [1.165, 1.54) is 18.2 Å². The maximum Gasteiger partial charge on any atom is 0.171 e. The zero-order valence-electron chi connectivity index (χ0n) is 9.98. The monoisotopic (exact) mass is 342 g/mol. The summed E-state index contributed by atoms with van der Waals surface area (Å²) in [7, 11) is 0. The van der Waals surface area contributed by atoms with Gasteiger partial charge in [-0.05, 0) is 46.3 Å². The predicted molar refractivity (Wildman–Crippen MR) is 73.1 cm³/mol. The lowest BCUT2D eigenvalue weighted by atomic mass is 10.2. The van der Waals surface area contributed by atoms with Crippen molar-refractivity contribution in [2.75, 3.05) is 0 Å². The molecule has 0 amide bonds. The lowest BCUT2D eigenvalue weighted by Gasteiger charge is -2.09. The lowest BCUT2D eigenvalue weighted by molar-refractivity contribution is 0.318. The molecule has 0 bridgehead atoms. The number of benzene rings is 2. The van der Waals surface area contributed by atoms with Gasteiger partial charge in [-0.2, -0.15) is 0 Å². The number of amidine groups is 1. The second kappa shape index (κ2) is 5.87. The molecule has 0 fully saturated rings. The predicted octanol–water partition coefficient (Wildman–Crippen LogP) is 3.61. The summed E-state index contributed by atoms with van der Waals surface area (Å²) in [5, 5.41) is 11.5. The summed E-state index contributed by atoms with van der Waals surface area (Å²) in [6.45, 7) is 0. The minimum Gasteiger partial charge on any atom is -0.454 e. The molecule has 0 aliphatic rings. The van der Waals surface area contributed by atoms with E-state index in [2.05, 4.69) is 21.1 Å². The van der Waals surface area contributed by atoms with E-state index >= 15 is 0 Å². The normalized spacial score (nSPS) is 11.4. The third kappa shape index (κ3) is 3.05. The van der Waals surface area contributed by atoms with Crippen LogP contribution in [-0.4, -0.2) is 11.0 Å². The molecule has 2 rings (SSSR count). The van der Waals surface area contributed by atoms with E-state index < -0.39 is 11.6 Å². The van der Waals surface area contributed by atoms with Crippen molar-refractivity contribution < 1.29 is 18.7 Å². The number of nitrogens with two attached hydrogens (primary N) is 1. The molecule has 0 unspecified atom stereocenters. The Balaban J connectivity index is 2.31. The van der Waals surface area contributed by atoms with Gasteiger partial charge in [0.05, 0.1) is 0 Å². The van der Waals surface area contributed by atoms with Crippen molar-refractivity contribution in [1.29, 1.82) is 0 Å². The van der Waals surface area contributed by atoms with Crippen LogP contribution in [0, 0.1) is 11.6 Å². The van der Waals surface area contributed by atoms with Gasteiger partial charge in [-0.15, -0.1) is 0 Å².